The lowest BCUT2D eigenvalue weighted by Crippen LogP contribution is -2.51. The maximum atomic E-state index is 13.3. The van der Waals surface area contributed by atoms with Crippen LogP contribution in [0.2, 0.25) is 0 Å². The lowest BCUT2D eigenvalue weighted by atomic mass is 9.49. The average molecular weight is 425 g/mol. The number of nitrogens with one attached hydrogen (secondary N) is 2. The minimum Gasteiger partial charge on any atom is -0.326 e. The number of carbonyl (C=O) groups excluding carboxylic acids is 1. The molecule has 2 aromatic rings. The Morgan fingerprint density at radius 1 is 0.900 bits per heavy atom. The molecule has 30 heavy (non-hydrogen) atoms. The number of amides is 1. The van der Waals surface area contributed by atoms with Gasteiger partial charge in [-0.3, -0.25) is 9.52 Å². The molecule has 0 radical (unpaired) electrons. The molecular weight excluding hydrogens is 396 g/mol. The van der Waals surface area contributed by atoms with Crippen LogP contribution in [0, 0.1) is 30.1 Å². The van der Waals surface area contributed by atoms with E-state index in [1.165, 1.54) is 19.3 Å². The SMILES string of the molecule is Cc1ccc(S(=O)(=O)Nc2cccc(NC(=O)C34CC5CC(CC(C5)C3)C4)c2)cc1. The van der Waals surface area contributed by atoms with Crippen molar-refractivity contribution in [2.45, 2.75) is 50.3 Å². The Kier molecular flexibility index (Phi) is 4.65. The van der Waals surface area contributed by atoms with Crippen LogP contribution in [0.1, 0.15) is 44.1 Å². The first-order valence-electron chi connectivity index (χ1n) is 10.8. The Morgan fingerprint density at radius 2 is 1.47 bits per heavy atom. The summed E-state index contributed by atoms with van der Waals surface area (Å²) in [5, 5.41) is 3.10. The number of hydrogen-bond acceptors (Lipinski definition) is 3. The average Bonchev–Trinajstić information content (AvgIpc) is 2.67. The number of hydrogen-bond donors (Lipinski definition) is 2. The van der Waals surface area contributed by atoms with Crippen LogP contribution in [0.3, 0.4) is 0 Å². The van der Waals surface area contributed by atoms with Gasteiger partial charge in [-0.05, 0) is 93.5 Å². The van der Waals surface area contributed by atoms with Gasteiger partial charge in [-0.25, -0.2) is 8.42 Å². The van der Waals surface area contributed by atoms with Crippen molar-refractivity contribution in [3.8, 4) is 0 Å². The number of sulfonamides is 1. The zero-order chi connectivity index (χ0) is 20.9. The maximum Gasteiger partial charge on any atom is 0.261 e. The number of benzene rings is 2. The van der Waals surface area contributed by atoms with Crippen molar-refractivity contribution >= 4 is 27.3 Å². The molecule has 0 aromatic heterocycles. The van der Waals surface area contributed by atoms with Crippen LogP contribution in [0.5, 0.6) is 0 Å². The van der Waals surface area contributed by atoms with E-state index in [2.05, 4.69) is 10.0 Å². The Balaban J connectivity index is 1.32. The molecule has 4 aliphatic rings. The largest absolute Gasteiger partial charge is 0.326 e. The molecule has 0 spiro atoms. The fourth-order valence-corrected chi connectivity index (χ4v) is 7.29. The lowest BCUT2D eigenvalue weighted by Gasteiger charge is -2.55. The third-order valence-corrected chi connectivity index (χ3v) is 8.62. The number of rotatable bonds is 5. The Bertz CT molecular complexity index is 1040. The van der Waals surface area contributed by atoms with Crippen molar-refractivity contribution in [2.24, 2.45) is 23.2 Å². The molecule has 4 aliphatic carbocycles. The van der Waals surface area contributed by atoms with E-state index in [9.17, 15) is 13.2 Å². The van der Waals surface area contributed by atoms with E-state index >= 15 is 0 Å². The lowest BCUT2D eigenvalue weighted by molar-refractivity contribution is -0.140. The molecule has 2 N–H and O–H groups in total. The highest BCUT2D eigenvalue weighted by atomic mass is 32.2. The first kappa shape index (κ1) is 19.6. The molecule has 4 fully saturated rings. The van der Waals surface area contributed by atoms with Crippen LogP contribution in [-0.4, -0.2) is 14.3 Å². The zero-order valence-electron chi connectivity index (χ0n) is 17.2. The van der Waals surface area contributed by atoms with E-state index in [-0.39, 0.29) is 16.2 Å². The minimum absolute atomic E-state index is 0.111. The topological polar surface area (TPSA) is 75.3 Å². The van der Waals surface area contributed by atoms with Crippen molar-refractivity contribution in [1.29, 1.82) is 0 Å². The van der Waals surface area contributed by atoms with Crippen LogP contribution in [0.4, 0.5) is 11.4 Å². The predicted molar refractivity (Wildman–Crippen MR) is 118 cm³/mol. The van der Waals surface area contributed by atoms with Crippen molar-refractivity contribution in [3.63, 3.8) is 0 Å². The van der Waals surface area contributed by atoms with Crippen LogP contribution >= 0.6 is 0 Å². The second kappa shape index (κ2) is 7.12. The molecule has 0 unspecified atom stereocenters. The highest BCUT2D eigenvalue weighted by Crippen LogP contribution is 2.60. The van der Waals surface area contributed by atoms with Gasteiger partial charge in [0.2, 0.25) is 5.91 Å². The fraction of sp³-hybridized carbons (Fsp3) is 0.458. The second-order valence-corrected chi connectivity index (χ2v) is 11.3. The minimum atomic E-state index is -3.67. The molecule has 0 saturated heterocycles. The van der Waals surface area contributed by atoms with Gasteiger partial charge in [0.05, 0.1) is 16.0 Å². The highest BCUT2D eigenvalue weighted by molar-refractivity contribution is 7.92. The first-order chi connectivity index (χ1) is 14.3. The smallest absolute Gasteiger partial charge is 0.261 e. The summed E-state index contributed by atoms with van der Waals surface area (Å²) in [6.07, 6.45) is 6.90. The van der Waals surface area contributed by atoms with Gasteiger partial charge in [-0.1, -0.05) is 23.8 Å². The summed E-state index contributed by atoms with van der Waals surface area (Å²) in [7, 11) is -3.67. The molecule has 6 rings (SSSR count). The zero-order valence-corrected chi connectivity index (χ0v) is 18.0. The highest BCUT2D eigenvalue weighted by Gasteiger charge is 2.54. The summed E-state index contributed by atoms with van der Waals surface area (Å²) in [6, 6.07) is 13.7. The Morgan fingerprint density at radius 3 is 2.07 bits per heavy atom. The number of anilines is 2. The van der Waals surface area contributed by atoms with Gasteiger partial charge in [0.1, 0.15) is 0 Å². The predicted octanol–water partition coefficient (Wildman–Crippen LogP) is 4.95. The molecule has 1 amide bonds. The van der Waals surface area contributed by atoms with E-state index in [1.807, 2.05) is 13.0 Å². The third-order valence-electron chi connectivity index (χ3n) is 7.22. The molecule has 6 heteroatoms. The van der Waals surface area contributed by atoms with Crippen molar-refractivity contribution in [1.82, 2.24) is 0 Å². The molecule has 158 valence electrons. The molecule has 4 saturated carbocycles. The summed E-state index contributed by atoms with van der Waals surface area (Å²) >= 11 is 0. The number of carbonyl (C=O) groups is 1. The standard InChI is InChI=1S/C24H28N2O3S/c1-16-5-7-22(8-6-16)30(28,29)26-21-4-2-3-20(12-21)25-23(27)24-13-17-9-18(14-24)11-19(10-17)15-24/h2-8,12,17-19,26H,9-11,13-15H2,1H3,(H,25,27). The van der Waals surface area contributed by atoms with Gasteiger partial charge in [0, 0.05) is 5.69 Å². The van der Waals surface area contributed by atoms with Crippen LogP contribution in [0.15, 0.2) is 53.4 Å². The van der Waals surface area contributed by atoms with Gasteiger partial charge in [-0.15, -0.1) is 0 Å². The Labute approximate surface area is 178 Å². The van der Waals surface area contributed by atoms with E-state index in [4.69, 9.17) is 0 Å². The summed E-state index contributed by atoms with van der Waals surface area (Å²) < 4.78 is 28.0. The van der Waals surface area contributed by atoms with Crippen molar-refractivity contribution < 1.29 is 13.2 Å². The third kappa shape index (κ3) is 3.62. The van der Waals surface area contributed by atoms with Crippen LogP contribution < -0.4 is 10.0 Å². The van der Waals surface area contributed by atoms with Crippen LogP contribution in [-0.2, 0) is 14.8 Å². The summed E-state index contributed by atoms with van der Waals surface area (Å²) in [4.78, 5) is 13.5. The van der Waals surface area contributed by atoms with Gasteiger partial charge >= 0.3 is 0 Å². The monoisotopic (exact) mass is 424 g/mol. The quantitative estimate of drug-likeness (QED) is 0.713. The summed E-state index contributed by atoms with van der Waals surface area (Å²) in [5.74, 6) is 2.22. The second-order valence-electron chi connectivity index (χ2n) is 9.65. The molecule has 2 aromatic carbocycles. The maximum absolute atomic E-state index is 13.3. The molecule has 4 bridgehead atoms. The van der Waals surface area contributed by atoms with Crippen molar-refractivity contribution in [3.05, 3.63) is 54.1 Å². The van der Waals surface area contributed by atoms with E-state index in [1.54, 1.807) is 42.5 Å². The fourth-order valence-electron chi connectivity index (χ4n) is 6.24. The Hall–Kier alpha value is -2.34. The molecule has 0 heterocycles. The normalized spacial score (nSPS) is 29.6. The molecule has 0 atom stereocenters. The first-order valence-corrected chi connectivity index (χ1v) is 12.3. The van der Waals surface area contributed by atoms with E-state index < -0.39 is 10.0 Å². The van der Waals surface area contributed by atoms with Gasteiger partial charge in [0.15, 0.2) is 0 Å². The summed E-state index contributed by atoms with van der Waals surface area (Å²) in [6.45, 7) is 1.92. The number of aryl methyl sites for hydroxylation is 1. The van der Waals surface area contributed by atoms with Crippen molar-refractivity contribution in [2.75, 3.05) is 10.0 Å². The molecule has 0 aliphatic heterocycles. The van der Waals surface area contributed by atoms with E-state index in [0.717, 1.165) is 24.8 Å². The molecular formula is C24H28N2O3S. The van der Waals surface area contributed by atoms with E-state index in [0.29, 0.717) is 29.1 Å². The van der Waals surface area contributed by atoms with Gasteiger partial charge < -0.3 is 5.32 Å². The van der Waals surface area contributed by atoms with Gasteiger partial charge in [-0.2, -0.15) is 0 Å². The van der Waals surface area contributed by atoms with Gasteiger partial charge in [0.25, 0.3) is 10.0 Å². The summed E-state index contributed by atoms with van der Waals surface area (Å²) in [5.41, 5.74) is 1.86. The molecule has 5 nitrogen and oxygen atoms in total. The van der Waals surface area contributed by atoms with Crippen LogP contribution in [0.25, 0.3) is 0 Å².